The van der Waals surface area contributed by atoms with Crippen LogP contribution in [0.15, 0.2) is 18.2 Å². The summed E-state index contributed by atoms with van der Waals surface area (Å²) in [7, 11) is 0. The van der Waals surface area contributed by atoms with Gasteiger partial charge in [0.05, 0.1) is 12.7 Å². The predicted octanol–water partition coefficient (Wildman–Crippen LogP) is 2.26. The highest BCUT2D eigenvalue weighted by molar-refractivity contribution is 5.71. The van der Waals surface area contributed by atoms with Crippen LogP contribution < -0.4 is 15.2 Å². The molecule has 0 heterocycles. The van der Waals surface area contributed by atoms with Crippen LogP contribution in [0.3, 0.4) is 0 Å². The Morgan fingerprint density at radius 3 is 2.65 bits per heavy atom. The van der Waals surface area contributed by atoms with Gasteiger partial charge in [-0.25, -0.2) is 4.79 Å². The maximum Gasteiger partial charge on any atom is 0.344 e. The molecule has 0 atom stereocenters. The number of carbonyl (C=O) groups is 1. The molecule has 5 nitrogen and oxygen atoms in total. The Kier molecular flexibility index (Phi) is 6.87. The van der Waals surface area contributed by atoms with Gasteiger partial charge in [0.1, 0.15) is 11.5 Å². The van der Waals surface area contributed by atoms with Gasteiger partial charge in [0.25, 0.3) is 0 Å². The summed E-state index contributed by atoms with van der Waals surface area (Å²) in [4.78, 5) is 11.5. The summed E-state index contributed by atoms with van der Waals surface area (Å²) in [5.74, 6) is 0.862. The first-order valence-electron chi connectivity index (χ1n) is 6.84. The molecule has 112 valence electrons. The van der Waals surface area contributed by atoms with E-state index in [1.165, 1.54) is 0 Å². The third kappa shape index (κ3) is 5.48. The van der Waals surface area contributed by atoms with Crippen LogP contribution in [0.25, 0.3) is 0 Å². The SMILES string of the molecule is CCCOc1ccc(CN)c(OCC(=O)OC(C)C)c1. The van der Waals surface area contributed by atoms with Crippen molar-refractivity contribution in [3.05, 3.63) is 23.8 Å². The second-order valence-electron chi connectivity index (χ2n) is 4.65. The van der Waals surface area contributed by atoms with Crippen molar-refractivity contribution in [3.8, 4) is 11.5 Å². The molecule has 0 amide bonds. The molecule has 0 saturated carbocycles. The minimum atomic E-state index is -0.400. The number of esters is 1. The van der Waals surface area contributed by atoms with Crippen LogP contribution in [-0.2, 0) is 16.1 Å². The number of benzene rings is 1. The Hall–Kier alpha value is -1.75. The molecule has 2 N–H and O–H groups in total. The molecule has 0 unspecified atom stereocenters. The average molecular weight is 281 g/mol. The number of hydrogen-bond donors (Lipinski definition) is 1. The summed E-state index contributed by atoms with van der Waals surface area (Å²) in [5, 5.41) is 0. The number of ether oxygens (including phenoxy) is 3. The third-order valence-corrected chi connectivity index (χ3v) is 2.44. The first kappa shape index (κ1) is 16.3. The van der Waals surface area contributed by atoms with Gasteiger partial charge in [-0.05, 0) is 26.3 Å². The van der Waals surface area contributed by atoms with Crippen molar-refractivity contribution < 1.29 is 19.0 Å². The normalized spacial score (nSPS) is 10.4. The number of hydrogen-bond acceptors (Lipinski definition) is 5. The Bertz CT molecular complexity index is 432. The standard InChI is InChI=1S/C15H23NO4/c1-4-7-18-13-6-5-12(9-16)14(8-13)19-10-15(17)20-11(2)3/h5-6,8,11H,4,7,9-10,16H2,1-3H3. The van der Waals surface area contributed by atoms with Crippen LogP contribution in [0.5, 0.6) is 11.5 Å². The Morgan fingerprint density at radius 2 is 2.05 bits per heavy atom. The van der Waals surface area contributed by atoms with Crippen molar-refractivity contribution in [1.82, 2.24) is 0 Å². The van der Waals surface area contributed by atoms with Gasteiger partial charge >= 0.3 is 5.97 Å². The highest BCUT2D eigenvalue weighted by atomic mass is 16.6. The van der Waals surface area contributed by atoms with Gasteiger partial charge in [-0.2, -0.15) is 0 Å². The number of rotatable bonds is 8. The summed E-state index contributed by atoms with van der Waals surface area (Å²) in [6.45, 7) is 6.46. The maximum atomic E-state index is 11.5. The summed E-state index contributed by atoms with van der Waals surface area (Å²) in [6, 6.07) is 5.44. The highest BCUT2D eigenvalue weighted by Gasteiger charge is 2.10. The van der Waals surface area contributed by atoms with E-state index in [2.05, 4.69) is 0 Å². The smallest absolute Gasteiger partial charge is 0.344 e. The molecule has 0 aromatic heterocycles. The van der Waals surface area contributed by atoms with Crippen molar-refractivity contribution in [3.63, 3.8) is 0 Å². The Balaban J connectivity index is 2.68. The van der Waals surface area contributed by atoms with E-state index in [1.807, 2.05) is 19.1 Å². The molecule has 0 fully saturated rings. The van der Waals surface area contributed by atoms with Crippen LogP contribution in [0, 0.1) is 0 Å². The fourth-order valence-corrected chi connectivity index (χ4v) is 1.58. The summed E-state index contributed by atoms with van der Waals surface area (Å²) >= 11 is 0. The van der Waals surface area contributed by atoms with E-state index in [9.17, 15) is 4.79 Å². The molecular formula is C15H23NO4. The minimum Gasteiger partial charge on any atom is -0.493 e. The van der Waals surface area contributed by atoms with Gasteiger partial charge in [-0.15, -0.1) is 0 Å². The van der Waals surface area contributed by atoms with Gasteiger partial charge in [-0.3, -0.25) is 0 Å². The second-order valence-corrected chi connectivity index (χ2v) is 4.65. The maximum absolute atomic E-state index is 11.5. The summed E-state index contributed by atoms with van der Waals surface area (Å²) in [6.07, 6.45) is 0.773. The molecule has 0 saturated heterocycles. The van der Waals surface area contributed by atoms with E-state index in [4.69, 9.17) is 19.9 Å². The van der Waals surface area contributed by atoms with E-state index in [-0.39, 0.29) is 12.7 Å². The summed E-state index contributed by atoms with van der Waals surface area (Å²) in [5.41, 5.74) is 6.48. The lowest BCUT2D eigenvalue weighted by Gasteiger charge is -2.13. The van der Waals surface area contributed by atoms with Gasteiger partial charge in [0.2, 0.25) is 0 Å². The zero-order chi connectivity index (χ0) is 15.0. The fourth-order valence-electron chi connectivity index (χ4n) is 1.58. The van der Waals surface area contributed by atoms with E-state index in [1.54, 1.807) is 19.9 Å². The van der Waals surface area contributed by atoms with Gasteiger partial charge in [-0.1, -0.05) is 13.0 Å². The topological polar surface area (TPSA) is 70.8 Å². The molecule has 1 aromatic carbocycles. The fraction of sp³-hybridized carbons (Fsp3) is 0.533. The quantitative estimate of drug-likeness (QED) is 0.740. The monoisotopic (exact) mass is 281 g/mol. The van der Waals surface area contributed by atoms with Crippen LogP contribution >= 0.6 is 0 Å². The number of carbonyl (C=O) groups excluding carboxylic acids is 1. The lowest BCUT2D eigenvalue weighted by atomic mass is 10.2. The lowest BCUT2D eigenvalue weighted by molar-refractivity contribution is -0.149. The van der Waals surface area contributed by atoms with E-state index in [0.29, 0.717) is 24.7 Å². The number of nitrogens with two attached hydrogens (primary N) is 1. The van der Waals surface area contributed by atoms with Crippen LogP contribution in [0.4, 0.5) is 0 Å². The van der Waals surface area contributed by atoms with Crippen molar-refractivity contribution in [2.75, 3.05) is 13.2 Å². The molecule has 1 rings (SSSR count). The second kappa shape index (κ2) is 8.43. The van der Waals surface area contributed by atoms with Gasteiger partial charge in [0.15, 0.2) is 6.61 Å². The molecule has 0 aliphatic carbocycles. The van der Waals surface area contributed by atoms with Crippen LogP contribution in [-0.4, -0.2) is 25.3 Å². The van der Waals surface area contributed by atoms with Crippen molar-refractivity contribution >= 4 is 5.97 Å². The summed E-state index contributed by atoms with van der Waals surface area (Å²) < 4.78 is 16.0. The van der Waals surface area contributed by atoms with E-state index in [0.717, 1.165) is 12.0 Å². The first-order chi connectivity index (χ1) is 9.56. The third-order valence-electron chi connectivity index (χ3n) is 2.44. The molecule has 0 aliphatic rings. The van der Waals surface area contributed by atoms with Crippen LogP contribution in [0.2, 0.25) is 0 Å². The lowest BCUT2D eigenvalue weighted by Crippen LogP contribution is -2.19. The van der Waals surface area contributed by atoms with E-state index < -0.39 is 5.97 Å². The Labute approximate surface area is 120 Å². The zero-order valence-electron chi connectivity index (χ0n) is 12.3. The largest absolute Gasteiger partial charge is 0.493 e. The molecular weight excluding hydrogens is 258 g/mol. The van der Waals surface area contributed by atoms with Crippen LogP contribution in [0.1, 0.15) is 32.8 Å². The first-order valence-corrected chi connectivity index (χ1v) is 6.84. The van der Waals surface area contributed by atoms with E-state index >= 15 is 0 Å². The van der Waals surface area contributed by atoms with Crippen molar-refractivity contribution in [2.45, 2.75) is 39.8 Å². The predicted molar refractivity (Wildman–Crippen MR) is 76.8 cm³/mol. The Morgan fingerprint density at radius 1 is 1.30 bits per heavy atom. The molecule has 5 heteroatoms. The van der Waals surface area contributed by atoms with Gasteiger partial charge in [0, 0.05) is 18.2 Å². The van der Waals surface area contributed by atoms with Crippen molar-refractivity contribution in [1.29, 1.82) is 0 Å². The minimum absolute atomic E-state index is 0.136. The average Bonchev–Trinajstić information content (AvgIpc) is 2.42. The highest BCUT2D eigenvalue weighted by Crippen LogP contribution is 2.25. The molecule has 20 heavy (non-hydrogen) atoms. The molecule has 0 bridgehead atoms. The molecule has 1 aromatic rings. The van der Waals surface area contributed by atoms with Crippen molar-refractivity contribution in [2.24, 2.45) is 5.73 Å². The molecule has 0 radical (unpaired) electrons. The molecule has 0 spiro atoms. The zero-order valence-corrected chi connectivity index (χ0v) is 12.3. The van der Waals surface area contributed by atoms with Gasteiger partial charge < -0.3 is 19.9 Å². The molecule has 0 aliphatic heterocycles.